The minimum absolute atomic E-state index is 0.204. The topological polar surface area (TPSA) is 32.3 Å². The van der Waals surface area contributed by atoms with Gasteiger partial charge in [0.2, 0.25) is 0 Å². The molecule has 2 heteroatoms. The van der Waals surface area contributed by atoms with Gasteiger partial charge in [-0.3, -0.25) is 0 Å². The summed E-state index contributed by atoms with van der Waals surface area (Å²) in [5, 5.41) is 12.0. The fourth-order valence-corrected chi connectivity index (χ4v) is 0.990. The molecule has 0 saturated heterocycles. The van der Waals surface area contributed by atoms with Crippen molar-refractivity contribution in [1.82, 2.24) is 5.32 Å². The van der Waals surface area contributed by atoms with Crippen LogP contribution < -0.4 is 5.32 Å². The van der Waals surface area contributed by atoms with Crippen LogP contribution in [0.15, 0.2) is 12.7 Å². The summed E-state index contributed by atoms with van der Waals surface area (Å²) < 4.78 is 0. The second-order valence-corrected chi connectivity index (χ2v) is 3.02. The molecule has 0 saturated carbocycles. The molecule has 0 aromatic rings. The Balaban J connectivity index is 3.34. The van der Waals surface area contributed by atoms with Crippen LogP contribution in [0.25, 0.3) is 0 Å². The number of aliphatic hydroxyl groups excluding tert-OH is 1. The van der Waals surface area contributed by atoms with E-state index in [9.17, 15) is 0 Å². The molecule has 0 spiro atoms. The molecule has 2 nitrogen and oxygen atoms in total. The van der Waals surface area contributed by atoms with Crippen molar-refractivity contribution < 1.29 is 5.11 Å². The maximum atomic E-state index is 8.73. The zero-order valence-corrected chi connectivity index (χ0v) is 7.51. The van der Waals surface area contributed by atoms with E-state index in [1.54, 1.807) is 0 Å². The molecule has 2 N–H and O–H groups in total. The summed E-state index contributed by atoms with van der Waals surface area (Å²) in [4.78, 5) is 0. The van der Waals surface area contributed by atoms with Crippen LogP contribution in [0.1, 0.15) is 26.7 Å². The fourth-order valence-electron chi connectivity index (χ4n) is 0.990. The lowest BCUT2D eigenvalue weighted by atomic mass is 10.1. The number of nitrogens with one attached hydrogen (secondary N) is 1. The van der Waals surface area contributed by atoms with Gasteiger partial charge in [0.25, 0.3) is 0 Å². The Morgan fingerprint density at radius 2 is 2.09 bits per heavy atom. The van der Waals surface area contributed by atoms with Crippen LogP contribution in [0.2, 0.25) is 0 Å². The van der Waals surface area contributed by atoms with Gasteiger partial charge in [-0.25, -0.2) is 0 Å². The summed E-state index contributed by atoms with van der Waals surface area (Å²) in [5.74, 6) is 0. The van der Waals surface area contributed by atoms with Crippen LogP contribution in [0.4, 0.5) is 0 Å². The number of hydrogen-bond donors (Lipinski definition) is 2. The van der Waals surface area contributed by atoms with E-state index < -0.39 is 0 Å². The highest BCUT2D eigenvalue weighted by atomic mass is 16.3. The summed E-state index contributed by atoms with van der Waals surface area (Å²) in [7, 11) is 0. The summed E-state index contributed by atoms with van der Waals surface area (Å²) >= 11 is 0. The van der Waals surface area contributed by atoms with Gasteiger partial charge in [0.05, 0.1) is 6.61 Å². The molecule has 0 aromatic heterocycles. The van der Waals surface area contributed by atoms with Crippen molar-refractivity contribution in [3.63, 3.8) is 0 Å². The van der Waals surface area contributed by atoms with Crippen LogP contribution in [0, 0.1) is 0 Å². The number of aliphatic hydroxyl groups is 1. The monoisotopic (exact) mass is 157 g/mol. The molecular formula is C9H19NO. The summed E-state index contributed by atoms with van der Waals surface area (Å²) in [5.41, 5.74) is 0. The third-order valence-corrected chi connectivity index (χ3v) is 1.65. The normalized spacial score (nSPS) is 15.9. The van der Waals surface area contributed by atoms with Gasteiger partial charge in [-0.1, -0.05) is 6.08 Å². The Bertz CT molecular complexity index is 104. The molecule has 0 aliphatic heterocycles. The standard InChI is InChI=1S/C9H19NO/c1-4-5-6-8(2)10-9(3)7-11/h4,8-11H,1,5-7H2,2-3H3/t8?,9-/m1/s1. The van der Waals surface area contributed by atoms with E-state index in [0.717, 1.165) is 12.8 Å². The van der Waals surface area contributed by atoms with E-state index in [2.05, 4.69) is 18.8 Å². The highest BCUT2D eigenvalue weighted by Gasteiger charge is 2.03. The van der Waals surface area contributed by atoms with Gasteiger partial charge in [0, 0.05) is 12.1 Å². The first kappa shape index (κ1) is 10.7. The van der Waals surface area contributed by atoms with Crippen molar-refractivity contribution in [2.24, 2.45) is 0 Å². The lowest BCUT2D eigenvalue weighted by Gasteiger charge is -2.17. The predicted octanol–water partition coefficient (Wildman–Crippen LogP) is 1.31. The lowest BCUT2D eigenvalue weighted by molar-refractivity contribution is 0.241. The number of hydrogen-bond acceptors (Lipinski definition) is 2. The van der Waals surface area contributed by atoms with Crippen molar-refractivity contribution in [2.75, 3.05) is 6.61 Å². The summed E-state index contributed by atoms with van der Waals surface area (Å²) in [6.45, 7) is 7.96. The smallest absolute Gasteiger partial charge is 0.0582 e. The van der Waals surface area contributed by atoms with Crippen LogP contribution >= 0.6 is 0 Å². The molecule has 0 rings (SSSR count). The molecule has 11 heavy (non-hydrogen) atoms. The van der Waals surface area contributed by atoms with E-state index in [1.807, 2.05) is 13.0 Å². The Morgan fingerprint density at radius 1 is 1.45 bits per heavy atom. The van der Waals surface area contributed by atoms with Gasteiger partial charge >= 0.3 is 0 Å². The quantitative estimate of drug-likeness (QED) is 0.570. The molecule has 1 unspecified atom stereocenters. The highest BCUT2D eigenvalue weighted by molar-refractivity contribution is 4.72. The maximum absolute atomic E-state index is 8.73. The van der Waals surface area contributed by atoms with E-state index in [0.29, 0.717) is 6.04 Å². The zero-order chi connectivity index (χ0) is 8.69. The van der Waals surface area contributed by atoms with Gasteiger partial charge in [-0.15, -0.1) is 6.58 Å². The lowest BCUT2D eigenvalue weighted by Crippen LogP contribution is -2.36. The van der Waals surface area contributed by atoms with Gasteiger partial charge in [-0.05, 0) is 26.7 Å². The molecule has 2 atom stereocenters. The van der Waals surface area contributed by atoms with E-state index in [-0.39, 0.29) is 12.6 Å². The van der Waals surface area contributed by atoms with Crippen LogP contribution in [0.3, 0.4) is 0 Å². The van der Waals surface area contributed by atoms with Crippen LogP contribution in [-0.2, 0) is 0 Å². The molecule has 0 radical (unpaired) electrons. The van der Waals surface area contributed by atoms with Gasteiger partial charge in [0.1, 0.15) is 0 Å². The Hall–Kier alpha value is -0.340. The molecule has 0 aliphatic rings. The first-order chi connectivity index (χ1) is 5.20. The molecule has 66 valence electrons. The van der Waals surface area contributed by atoms with Crippen molar-refractivity contribution in [2.45, 2.75) is 38.8 Å². The molecule has 0 bridgehead atoms. The SMILES string of the molecule is C=CCCC(C)N[C@H](C)CO. The predicted molar refractivity (Wildman–Crippen MR) is 48.6 cm³/mol. The number of allylic oxidation sites excluding steroid dienone is 1. The molecule has 0 heterocycles. The van der Waals surface area contributed by atoms with Crippen molar-refractivity contribution >= 4 is 0 Å². The average molecular weight is 157 g/mol. The van der Waals surface area contributed by atoms with Crippen LogP contribution in [0.5, 0.6) is 0 Å². The van der Waals surface area contributed by atoms with Gasteiger partial charge in [-0.2, -0.15) is 0 Å². The molecule has 0 aromatic carbocycles. The van der Waals surface area contributed by atoms with E-state index in [4.69, 9.17) is 5.11 Å². The number of rotatable bonds is 6. The first-order valence-electron chi connectivity index (χ1n) is 4.18. The Labute approximate surface area is 69.3 Å². The van der Waals surface area contributed by atoms with E-state index in [1.165, 1.54) is 0 Å². The van der Waals surface area contributed by atoms with E-state index >= 15 is 0 Å². The molecule has 0 amide bonds. The first-order valence-corrected chi connectivity index (χ1v) is 4.18. The van der Waals surface area contributed by atoms with Crippen LogP contribution in [-0.4, -0.2) is 23.8 Å². The minimum Gasteiger partial charge on any atom is -0.395 e. The van der Waals surface area contributed by atoms with Crippen molar-refractivity contribution in [1.29, 1.82) is 0 Å². The van der Waals surface area contributed by atoms with Gasteiger partial charge < -0.3 is 10.4 Å². The molecular weight excluding hydrogens is 138 g/mol. The fraction of sp³-hybridized carbons (Fsp3) is 0.778. The second kappa shape index (κ2) is 6.38. The average Bonchev–Trinajstić information content (AvgIpc) is 2.00. The Kier molecular flexibility index (Phi) is 6.18. The molecule has 0 fully saturated rings. The highest BCUT2D eigenvalue weighted by Crippen LogP contribution is 1.97. The zero-order valence-electron chi connectivity index (χ0n) is 7.51. The maximum Gasteiger partial charge on any atom is 0.0582 e. The Morgan fingerprint density at radius 3 is 2.55 bits per heavy atom. The molecule has 0 aliphatic carbocycles. The van der Waals surface area contributed by atoms with Crippen molar-refractivity contribution in [3.8, 4) is 0 Å². The largest absolute Gasteiger partial charge is 0.395 e. The minimum atomic E-state index is 0.204. The second-order valence-electron chi connectivity index (χ2n) is 3.02. The summed E-state index contributed by atoms with van der Waals surface area (Å²) in [6, 6.07) is 0.671. The third kappa shape index (κ3) is 6.07. The van der Waals surface area contributed by atoms with Gasteiger partial charge in [0.15, 0.2) is 0 Å². The summed E-state index contributed by atoms with van der Waals surface area (Å²) in [6.07, 6.45) is 4.04. The van der Waals surface area contributed by atoms with Crippen molar-refractivity contribution in [3.05, 3.63) is 12.7 Å². The third-order valence-electron chi connectivity index (χ3n) is 1.65.